The van der Waals surface area contributed by atoms with Crippen molar-refractivity contribution in [3.05, 3.63) is 16.2 Å². The molecule has 0 unspecified atom stereocenters. The lowest BCUT2D eigenvalue weighted by Crippen LogP contribution is -2.17. The van der Waals surface area contributed by atoms with E-state index in [4.69, 9.17) is 11.6 Å². The van der Waals surface area contributed by atoms with Gasteiger partial charge in [-0.05, 0) is 0 Å². The minimum absolute atomic E-state index is 0.162. The van der Waals surface area contributed by atoms with E-state index in [0.717, 1.165) is 0 Å². The molecule has 0 aromatic carbocycles. The molecule has 0 saturated heterocycles. The highest BCUT2D eigenvalue weighted by Crippen LogP contribution is 2.33. The number of hydrogen-bond acceptors (Lipinski definition) is 5. The molecule has 2 aromatic rings. The number of hydrogen-bond donors (Lipinski definition) is 2. The summed E-state index contributed by atoms with van der Waals surface area (Å²) in [4.78, 5) is 21.1. The average Bonchev–Trinajstić information content (AvgIpc) is 2.65. The van der Waals surface area contributed by atoms with Gasteiger partial charge in [0.15, 0.2) is 0 Å². The lowest BCUT2D eigenvalue weighted by Gasteiger charge is -2.00. The minimum Gasteiger partial charge on any atom is -0.385 e. The molecule has 2 rings (SSSR count). The van der Waals surface area contributed by atoms with Crippen molar-refractivity contribution in [1.82, 2.24) is 15.3 Å². The predicted molar refractivity (Wildman–Crippen MR) is 65.4 cm³/mol. The molecule has 16 heavy (non-hydrogen) atoms. The number of carbonyl (C=O) groups is 1. The van der Waals surface area contributed by atoms with E-state index in [0.29, 0.717) is 26.1 Å². The van der Waals surface area contributed by atoms with Gasteiger partial charge in [-0.25, -0.2) is 9.97 Å². The fourth-order valence-electron chi connectivity index (χ4n) is 1.36. The van der Waals surface area contributed by atoms with E-state index in [-0.39, 0.29) is 5.91 Å². The third-order valence-electron chi connectivity index (χ3n) is 2.06. The zero-order chi connectivity index (χ0) is 11.7. The van der Waals surface area contributed by atoms with Gasteiger partial charge in [-0.1, -0.05) is 11.6 Å². The third kappa shape index (κ3) is 1.70. The zero-order valence-electron chi connectivity index (χ0n) is 8.67. The van der Waals surface area contributed by atoms with E-state index in [1.54, 1.807) is 14.1 Å². The maximum atomic E-state index is 11.6. The van der Waals surface area contributed by atoms with Crippen molar-refractivity contribution in [1.29, 1.82) is 0 Å². The van der Waals surface area contributed by atoms with Crippen molar-refractivity contribution in [2.45, 2.75) is 0 Å². The van der Waals surface area contributed by atoms with Crippen molar-refractivity contribution < 1.29 is 4.79 Å². The van der Waals surface area contributed by atoms with Gasteiger partial charge in [-0.15, -0.1) is 11.3 Å². The van der Waals surface area contributed by atoms with Crippen LogP contribution in [0.25, 0.3) is 10.3 Å². The SMILES string of the molecule is CNC(=O)c1sc2nc(Cl)cnc2c1NC. The first-order valence-electron chi connectivity index (χ1n) is 4.52. The second-order valence-corrected chi connectivity index (χ2v) is 4.37. The van der Waals surface area contributed by atoms with E-state index < -0.39 is 0 Å². The minimum atomic E-state index is -0.162. The normalized spacial score (nSPS) is 10.4. The summed E-state index contributed by atoms with van der Waals surface area (Å²) in [5, 5.41) is 5.85. The standard InChI is InChI=1S/C9H9ClN4OS/c1-11-5-6-9(14-4(10)3-13-6)16-7(5)8(15)12-2/h3,11H,1-2H3,(H,12,15). The number of fused-ring (bicyclic) bond motifs is 1. The molecule has 7 heteroatoms. The summed E-state index contributed by atoms with van der Waals surface area (Å²) < 4.78 is 0. The highest BCUT2D eigenvalue weighted by molar-refractivity contribution is 7.21. The van der Waals surface area contributed by atoms with Crippen LogP contribution in [-0.2, 0) is 0 Å². The summed E-state index contributed by atoms with van der Waals surface area (Å²) in [6, 6.07) is 0. The molecular formula is C9H9ClN4OS. The molecule has 0 aliphatic heterocycles. The van der Waals surface area contributed by atoms with Gasteiger partial charge in [0, 0.05) is 14.1 Å². The largest absolute Gasteiger partial charge is 0.385 e. The summed E-state index contributed by atoms with van der Waals surface area (Å²) in [6.45, 7) is 0. The zero-order valence-corrected chi connectivity index (χ0v) is 10.2. The smallest absolute Gasteiger partial charge is 0.263 e. The van der Waals surface area contributed by atoms with E-state index in [1.807, 2.05) is 0 Å². The van der Waals surface area contributed by atoms with Gasteiger partial charge in [-0.2, -0.15) is 0 Å². The van der Waals surface area contributed by atoms with E-state index in [9.17, 15) is 4.79 Å². The lowest BCUT2D eigenvalue weighted by atomic mass is 10.3. The monoisotopic (exact) mass is 256 g/mol. The van der Waals surface area contributed by atoms with E-state index in [1.165, 1.54) is 17.5 Å². The molecular weight excluding hydrogens is 248 g/mol. The van der Waals surface area contributed by atoms with Crippen LogP contribution in [0, 0.1) is 0 Å². The van der Waals surface area contributed by atoms with Crippen LogP contribution in [0.3, 0.4) is 0 Å². The van der Waals surface area contributed by atoms with Gasteiger partial charge in [0.2, 0.25) is 0 Å². The maximum absolute atomic E-state index is 11.6. The summed E-state index contributed by atoms with van der Waals surface area (Å²) in [7, 11) is 3.32. The van der Waals surface area contributed by atoms with Gasteiger partial charge >= 0.3 is 0 Å². The number of halogens is 1. The first-order valence-corrected chi connectivity index (χ1v) is 5.71. The Morgan fingerprint density at radius 3 is 2.88 bits per heavy atom. The molecule has 0 atom stereocenters. The van der Waals surface area contributed by atoms with Crippen LogP contribution in [-0.4, -0.2) is 30.0 Å². The molecule has 0 spiro atoms. The summed E-state index contributed by atoms with van der Waals surface area (Å²) in [5.74, 6) is -0.162. The highest BCUT2D eigenvalue weighted by Gasteiger charge is 2.18. The molecule has 0 aliphatic carbocycles. The topological polar surface area (TPSA) is 66.9 Å². The van der Waals surface area contributed by atoms with Crippen molar-refractivity contribution in [3.63, 3.8) is 0 Å². The molecule has 2 heterocycles. The Morgan fingerprint density at radius 1 is 1.50 bits per heavy atom. The van der Waals surface area contributed by atoms with Crippen LogP contribution < -0.4 is 10.6 Å². The number of amides is 1. The van der Waals surface area contributed by atoms with Crippen molar-refractivity contribution in [2.75, 3.05) is 19.4 Å². The number of aromatic nitrogens is 2. The number of thiophene rings is 1. The summed E-state index contributed by atoms with van der Waals surface area (Å²) in [5.41, 5.74) is 1.35. The first kappa shape index (κ1) is 11.1. The Hall–Kier alpha value is -1.40. The Balaban J connectivity index is 2.70. The Labute approximate surface area is 101 Å². The number of nitrogens with one attached hydrogen (secondary N) is 2. The summed E-state index contributed by atoms with van der Waals surface area (Å²) in [6.07, 6.45) is 1.46. The molecule has 0 aliphatic rings. The average molecular weight is 257 g/mol. The Kier molecular flexibility index (Phi) is 2.93. The second kappa shape index (κ2) is 4.23. The van der Waals surface area contributed by atoms with Crippen molar-refractivity contribution >= 4 is 44.9 Å². The molecule has 0 radical (unpaired) electrons. The van der Waals surface area contributed by atoms with Gasteiger partial charge in [0.1, 0.15) is 20.4 Å². The number of nitrogens with zero attached hydrogens (tertiary/aromatic N) is 2. The summed E-state index contributed by atoms with van der Waals surface area (Å²) >= 11 is 7.01. The van der Waals surface area contributed by atoms with Gasteiger partial charge in [0.25, 0.3) is 5.91 Å². The fraction of sp³-hybridized carbons (Fsp3) is 0.222. The second-order valence-electron chi connectivity index (χ2n) is 2.98. The van der Waals surface area contributed by atoms with Crippen LogP contribution in [0.2, 0.25) is 5.15 Å². The van der Waals surface area contributed by atoms with Gasteiger partial charge in [-0.3, -0.25) is 4.79 Å². The Bertz CT molecular complexity index is 554. The van der Waals surface area contributed by atoms with Crippen molar-refractivity contribution in [2.24, 2.45) is 0 Å². The van der Waals surface area contributed by atoms with Gasteiger partial charge < -0.3 is 10.6 Å². The number of anilines is 1. The fourth-order valence-corrected chi connectivity index (χ4v) is 2.62. The quantitative estimate of drug-likeness (QED) is 0.859. The van der Waals surface area contributed by atoms with Crippen LogP contribution >= 0.6 is 22.9 Å². The molecule has 5 nitrogen and oxygen atoms in total. The molecule has 2 N–H and O–H groups in total. The molecule has 84 valence electrons. The van der Waals surface area contributed by atoms with Crippen LogP contribution in [0.4, 0.5) is 5.69 Å². The number of rotatable bonds is 2. The predicted octanol–water partition coefficient (Wildman–Crippen LogP) is 1.75. The number of carbonyl (C=O) groups excluding carboxylic acids is 1. The molecule has 0 bridgehead atoms. The molecule has 0 fully saturated rings. The third-order valence-corrected chi connectivity index (χ3v) is 3.31. The van der Waals surface area contributed by atoms with E-state index >= 15 is 0 Å². The molecule has 1 amide bonds. The van der Waals surface area contributed by atoms with Crippen LogP contribution in [0.15, 0.2) is 6.20 Å². The first-order chi connectivity index (χ1) is 7.67. The van der Waals surface area contributed by atoms with Crippen molar-refractivity contribution in [3.8, 4) is 0 Å². The van der Waals surface area contributed by atoms with Gasteiger partial charge in [0.05, 0.1) is 11.9 Å². The lowest BCUT2D eigenvalue weighted by molar-refractivity contribution is 0.0968. The molecule has 0 saturated carbocycles. The van der Waals surface area contributed by atoms with Crippen LogP contribution in [0.1, 0.15) is 9.67 Å². The highest BCUT2D eigenvalue weighted by atomic mass is 35.5. The molecule has 2 aromatic heterocycles. The maximum Gasteiger partial charge on any atom is 0.263 e. The van der Waals surface area contributed by atoms with E-state index in [2.05, 4.69) is 20.6 Å². The van der Waals surface area contributed by atoms with Crippen LogP contribution in [0.5, 0.6) is 0 Å². The Morgan fingerprint density at radius 2 is 2.25 bits per heavy atom.